The Morgan fingerprint density at radius 1 is 1.33 bits per heavy atom. The maximum atomic E-state index is 9.54. The first-order valence-electron chi connectivity index (χ1n) is 6.61. The number of aromatic nitrogens is 2. The van der Waals surface area contributed by atoms with Crippen LogP contribution in [-0.2, 0) is 0 Å². The summed E-state index contributed by atoms with van der Waals surface area (Å²) in [7, 11) is 0. The summed E-state index contributed by atoms with van der Waals surface area (Å²) in [6, 6.07) is 6.31. The van der Waals surface area contributed by atoms with Crippen LogP contribution in [0.5, 0.6) is 0 Å². The lowest BCUT2D eigenvalue weighted by Gasteiger charge is -2.12. The molecule has 1 aliphatic carbocycles. The minimum absolute atomic E-state index is 0.547. The molecular formula is C15H18N2O. The van der Waals surface area contributed by atoms with Gasteiger partial charge in [-0.15, -0.1) is 0 Å². The quantitative estimate of drug-likeness (QED) is 0.845. The van der Waals surface area contributed by atoms with Gasteiger partial charge in [-0.05, 0) is 55.9 Å². The number of aliphatic hydroxyl groups excluding tert-OH is 1. The van der Waals surface area contributed by atoms with Gasteiger partial charge in [-0.25, -0.2) is 4.98 Å². The molecule has 1 aromatic heterocycles. The SMILES string of the molecule is CC(O)c1nc2ccc(C3=CCCCC3)cc2[nH]1. The lowest BCUT2D eigenvalue weighted by molar-refractivity contribution is 0.190. The van der Waals surface area contributed by atoms with E-state index in [4.69, 9.17) is 0 Å². The predicted molar refractivity (Wildman–Crippen MR) is 73.2 cm³/mol. The van der Waals surface area contributed by atoms with Gasteiger partial charge < -0.3 is 10.1 Å². The standard InChI is InChI=1S/C15H18N2O/c1-10(18)15-16-13-8-7-12(9-14(13)17-15)11-5-3-2-4-6-11/h5,7-10,18H,2-4,6H2,1H3,(H,16,17). The van der Waals surface area contributed by atoms with Gasteiger partial charge in [0.1, 0.15) is 11.9 Å². The molecule has 0 saturated heterocycles. The molecular weight excluding hydrogens is 224 g/mol. The van der Waals surface area contributed by atoms with Crippen LogP contribution >= 0.6 is 0 Å². The summed E-state index contributed by atoms with van der Waals surface area (Å²) < 4.78 is 0. The number of nitrogens with zero attached hydrogens (tertiary/aromatic N) is 1. The zero-order valence-electron chi connectivity index (χ0n) is 10.6. The van der Waals surface area contributed by atoms with E-state index < -0.39 is 6.10 Å². The molecule has 3 rings (SSSR count). The maximum absolute atomic E-state index is 9.54. The van der Waals surface area contributed by atoms with E-state index in [2.05, 4.69) is 28.2 Å². The summed E-state index contributed by atoms with van der Waals surface area (Å²) >= 11 is 0. The summed E-state index contributed by atoms with van der Waals surface area (Å²) in [5, 5.41) is 9.54. The molecule has 0 radical (unpaired) electrons. The second-order valence-corrected chi connectivity index (χ2v) is 5.01. The molecule has 2 N–H and O–H groups in total. The molecule has 1 unspecified atom stereocenters. The number of hydrogen-bond acceptors (Lipinski definition) is 2. The number of benzene rings is 1. The molecule has 3 nitrogen and oxygen atoms in total. The smallest absolute Gasteiger partial charge is 0.135 e. The molecule has 1 aliphatic rings. The fourth-order valence-corrected chi connectivity index (χ4v) is 2.53. The van der Waals surface area contributed by atoms with Crippen molar-refractivity contribution < 1.29 is 5.11 Å². The number of rotatable bonds is 2. The Hall–Kier alpha value is -1.61. The third-order valence-electron chi connectivity index (χ3n) is 3.56. The highest BCUT2D eigenvalue weighted by Gasteiger charge is 2.10. The van der Waals surface area contributed by atoms with E-state index in [9.17, 15) is 5.11 Å². The molecule has 1 aromatic carbocycles. The van der Waals surface area contributed by atoms with Crippen LogP contribution in [0.15, 0.2) is 24.3 Å². The van der Waals surface area contributed by atoms with Gasteiger partial charge in [-0.3, -0.25) is 0 Å². The minimum Gasteiger partial charge on any atom is -0.385 e. The van der Waals surface area contributed by atoms with Crippen molar-refractivity contribution in [2.75, 3.05) is 0 Å². The first-order valence-corrected chi connectivity index (χ1v) is 6.61. The number of aliphatic hydroxyl groups is 1. The van der Waals surface area contributed by atoms with Crippen LogP contribution in [0.4, 0.5) is 0 Å². The van der Waals surface area contributed by atoms with Gasteiger partial charge in [0.15, 0.2) is 0 Å². The van der Waals surface area contributed by atoms with Crippen LogP contribution in [0.1, 0.15) is 50.1 Å². The van der Waals surface area contributed by atoms with Gasteiger partial charge in [-0.2, -0.15) is 0 Å². The Balaban J connectivity index is 2.02. The van der Waals surface area contributed by atoms with Gasteiger partial charge in [0.2, 0.25) is 0 Å². The van der Waals surface area contributed by atoms with E-state index in [1.807, 2.05) is 6.07 Å². The van der Waals surface area contributed by atoms with E-state index in [1.165, 1.54) is 36.8 Å². The minimum atomic E-state index is -0.547. The zero-order chi connectivity index (χ0) is 12.5. The maximum Gasteiger partial charge on any atom is 0.135 e. The second kappa shape index (κ2) is 4.58. The average molecular weight is 242 g/mol. The van der Waals surface area contributed by atoms with Crippen molar-refractivity contribution in [1.29, 1.82) is 0 Å². The van der Waals surface area contributed by atoms with Crippen molar-refractivity contribution in [3.63, 3.8) is 0 Å². The molecule has 0 spiro atoms. The normalized spacial score (nSPS) is 17.8. The monoisotopic (exact) mass is 242 g/mol. The second-order valence-electron chi connectivity index (χ2n) is 5.01. The van der Waals surface area contributed by atoms with Gasteiger partial charge in [-0.1, -0.05) is 12.1 Å². The fourth-order valence-electron chi connectivity index (χ4n) is 2.53. The highest BCUT2D eigenvalue weighted by atomic mass is 16.3. The predicted octanol–water partition coefficient (Wildman–Crippen LogP) is 3.57. The number of imidazole rings is 1. The Morgan fingerprint density at radius 3 is 2.94 bits per heavy atom. The Bertz CT molecular complexity index is 596. The molecule has 0 bridgehead atoms. The largest absolute Gasteiger partial charge is 0.385 e. The third kappa shape index (κ3) is 2.06. The van der Waals surface area contributed by atoms with Crippen molar-refractivity contribution in [2.24, 2.45) is 0 Å². The highest BCUT2D eigenvalue weighted by Crippen LogP contribution is 2.28. The number of nitrogens with one attached hydrogen (secondary N) is 1. The van der Waals surface area contributed by atoms with Crippen LogP contribution in [0, 0.1) is 0 Å². The Kier molecular flexibility index (Phi) is 2.92. The van der Waals surface area contributed by atoms with Gasteiger partial charge >= 0.3 is 0 Å². The number of allylic oxidation sites excluding steroid dienone is 2. The van der Waals surface area contributed by atoms with Crippen LogP contribution < -0.4 is 0 Å². The summed E-state index contributed by atoms with van der Waals surface area (Å²) in [6.07, 6.45) is 6.75. The van der Waals surface area contributed by atoms with E-state index in [1.54, 1.807) is 6.92 Å². The molecule has 0 aliphatic heterocycles. The van der Waals surface area contributed by atoms with Crippen molar-refractivity contribution in [3.8, 4) is 0 Å². The Morgan fingerprint density at radius 2 is 2.22 bits per heavy atom. The molecule has 1 atom stereocenters. The first kappa shape index (κ1) is 11.5. The number of fused-ring (bicyclic) bond motifs is 1. The van der Waals surface area contributed by atoms with E-state index in [0.29, 0.717) is 5.82 Å². The molecule has 0 saturated carbocycles. The highest BCUT2D eigenvalue weighted by molar-refractivity contribution is 5.81. The number of aromatic amines is 1. The number of hydrogen-bond donors (Lipinski definition) is 2. The topological polar surface area (TPSA) is 48.9 Å². The number of H-pyrrole nitrogens is 1. The Labute approximate surface area is 107 Å². The molecule has 0 amide bonds. The van der Waals surface area contributed by atoms with E-state index in [0.717, 1.165) is 11.0 Å². The summed E-state index contributed by atoms with van der Waals surface area (Å²) in [5.41, 5.74) is 4.65. The zero-order valence-corrected chi connectivity index (χ0v) is 10.6. The molecule has 1 heterocycles. The molecule has 0 fully saturated rings. The van der Waals surface area contributed by atoms with Crippen molar-refractivity contribution in [1.82, 2.24) is 9.97 Å². The molecule has 2 aromatic rings. The van der Waals surface area contributed by atoms with E-state index >= 15 is 0 Å². The first-order chi connectivity index (χ1) is 8.74. The fraction of sp³-hybridized carbons (Fsp3) is 0.400. The summed E-state index contributed by atoms with van der Waals surface area (Å²) in [6.45, 7) is 1.72. The van der Waals surface area contributed by atoms with Gasteiger partial charge in [0, 0.05) is 0 Å². The molecule has 3 heteroatoms. The van der Waals surface area contributed by atoms with Gasteiger partial charge in [0.25, 0.3) is 0 Å². The summed E-state index contributed by atoms with van der Waals surface area (Å²) in [4.78, 5) is 7.56. The van der Waals surface area contributed by atoms with E-state index in [-0.39, 0.29) is 0 Å². The van der Waals surface area contributed by atoms with Crippen LogP contribution in [0.3, 0.4) is 0 Å². The lowest BCUT2D eigenvalue weighted by atomic mass is 9.93. The lowest BCUT2D eigenvalue weighted by Crippen LogP contribution is -1.92. The third-order valence-corrected chi connectivity index (χ3v) is 3.56. The van der Waals surface area contributed by atoms with Gasteiger partial charge in [0.05, 0.1) is 11.0 Å². The van der Waals surface area contributed by atoms with Crippen LogP contribution in [0.2, 0.25) is 0 Å². The van der Waals surface area contributed by atoms with Crippen molar-refractivity contribution in [2.45, 2.75) is 38.7 Å². The molecule has 18 heavy (non-hydrogen) atoms. The average Bonchev–Trinajstić information content (AvgIpc) is 2.82. The van der Waals surface area contributed by atoms with Crippen molar-refractivity contribution >= 4 is 16.6 Å². The summed E-state index contributed by atoms with van der Waals surface area (Å²) in [5.74, 6) is 0.639. The van der Waals surface area contributed by atoms with Crippen molar-refractivity contribution in [3.05, 3.63) is 35.7 Å². The molecule has 94 valence electrons. The van der Waals surface area contributed by atoms with Crippen LogP contribution in [-0.4, -0.2) is 15.1 Å². The van der Waals surface area contributed by atoms with Crippen LogP contribution in [0.25, 0.3) is 16.6 Å².